The molecule has 2 saturated heterocycles. The molecule has 3 aliphatic rings. The Morgan fingerprint density at radius 3 is 2.52 bits per heavy atom. The van der Waals surface area contributed by atoms with Gasteiger partial charge >= 0.3 is 0 Å². The van der Waals surface area contributed by atoms with Crippen LogP contribution in [0.25, 0.3) is 0 Å². The van der Waals surface area contributed by atoms with E-state index in [2.05, 4.69) is 12.1 Å². The number of carbonyl (C=O) groups is 2. The van der Waals surface area contributed by atoms with Crippen molar-refractivity contribution in [3.8, 4) is 0 Å². The fourth-order valence-corrected chi connectivity index (χ4v) is 4.92. The molecule has 3 fully saturated rings. The van der Waals surface area contributed by atoms with Crippen molar-refractivity contribution < 1.29 is 9.59 Å². The molecule has 2 heterocycles. The summed E-state index contributed by atoms with van der Waals surface area (Å²) in [6, 6.07) is 10.0. The zero-order valence-electron chi connectivity index (χ0n) is 13.2. The minimum absolute atomic E-state index is 0.0741. The summed E-state index contributed by atoms with van der Waals surface area (Å²) in [5.74, 6) is 2.19. The van der Waals surface area contributed by atoms with Crippen LogP contribution in [0.1, 0.15) is 30.7 Å². The number of nitrogens with zero attached hydrogens (tertiary/aromatic N) is 2. The maximum atomic E-state index is 12.9. The van der Waals surface area contributed by atoms with Crippen LogP contribution in [0.2, 0.25) is 0 Å². The molecule has 4 rings (SSSR count). The number of amides is 2. The molecule has 0 spiro atoms. The molecule has 1 saturated carbocycles. The summed E-state index contributed by atoms with van der Waals surface area (Å²) in [7, 11) is 0. The average Bonchev–Trinajstić information content (AvgIpc) is 3.01. The number of likely N-dealkylation sites (tertiary alicyclic amines) is 1. The SMILES string of the molecule is O=C([C@@H]1CSCN1C(=O)[C@@H]1C[C@H]1c1ccccc1)N1CCCC1. The Morgan fingerprint density at radius 2 is 1.78 bits per heavy atom. The molecule has 0 aromatic heterocycles. The fourth-order valence-electron chi connectivity index (χ4n) is 3.76. The lowest BCUT2D eigenvalue weighted by Gasteiger charge is -2.27. The highest BCUT2D eigenvalue weighted by molar-refractivity contribution is 7.99. The zero-order valence-corrected chi connectivity index (χ0v) is 14.0. The summed E-state index contributed by atoms with van der Waals surface area (Å²) in [6.07, 6.45) is 3.12. The van der Waals surface area contributed by atoms with E-state index in [1.165, 1.54) is 5.56 Å². The normalized spacial score (nSPS) is 29.8. The zero-order chi connectivity index (χ0) is 15.8. The van der Waals surface area contributed by atoms with Crippen LogP contribution in [-0.2, 0) is 9.59 Å². The van der Waals surface area contributed by atoms with Gasteiger partial charge in [-0.05, 0) is 30.7 Å². The topological polar surface area (TPSA) is 40.6 Å². The van der Waals surface area contributed by atoms with Crippen molar-refractivity contribution in [2.45, 2.75) is 31.2 Å². The summed E-state index contributed by atoms with van der Waals surface area (Å²) < 4.78 is 0. The third-order valence-corrected chi connectivity index (χ3v) is 6.22. The van der Waals surface area contributed by atoms with Crippen molar-refractivity contribution in [2.24, 2.45) is 5.92 Å². The van der Waals surface area contributed by atoms with Gasteiger partial charge in [0.05, 0.1) is 5.88 Å². The van der Waals surface area contributed by atoms with E-state index in [0.717, 1.165) is 38.1 Å². The molecule has 0 radical (unpaired) electrons. The Bertz CT molecular complexity index is 600. The van der Waals surface area contributed by atoms with Gasteiger partial charge in [0.2, 0.25) is 11.8 Å². The van der Waals surface area contributed by atoms with Gasteiger partial charge in [0, 0.05) is 24.8 Å². The highest BCUT2D eigenvalue weighted by Crippen LogP contribution is 2.49. The third-order valence-electron chi connectivity index (χ3n) is 5.20. The number of hydrogen-bond donors (Lipinski definition) is 0. The number of carbonyl (C=O) groups excluding carboxylic acids is 2. The van der Waals surface area contributed by atoms with Crippen LogP contribution in [0.3, 0.4) is 0 Å². The molecule has 0 N–H and O–H groups in total. The number of benzene rings is 1. The van der Waals surface area contributed by atoms with E-state index >= 15 is 0 Å². The van der Waals surface area contributed by atoms with Gasteiger partial charge in [-0.25, -0.2) is 0 Å². The van der Waals surface area contributed by atoms with Gasteiger partial charge in [0.15, 0.2) is 0 Å². The molecular weight excluding hydrogens is 308 g/mol. The van der Waals surface area contributed by atoms with Crippen LogP contribution in [0.15, 0.2) is 30.3 Å². The average molecular weight is 330 g/mol. The van der Waals surface area contributed by atoms with Crippen molar-refractivity contribution in [1.82, 2.24) is 9.80 Å². The van der Waals surface area contributed by atoms with Gasteiger partial charge < -0.3 is 9.80 Å². The molecule has 0 unspecified atom stereocenters. The van der Waals surface area contributed by atoms with E-state index in [4.69, 9.17) is 0 Å². The largest absolute Gasteiger partial charge is 0.341 e. The molecule has 1 aromatic rings. The number of thioether (sulfide) groups is 1. The Morgan fingerprint density at radius 1 is 1.04 bits per heavy atom. The molecule has 4 nitrogen and oxygen atoms in total. The van der Waals surface area contributed by atoms with Crippen LogP contribution in [0, 0.1) is 5.92 Å². The second kappa shape index (κ2) is 6.19. The van der Waals surface area contributed by atoms with Crippen LogP contribution >= 0.6 is 11.8 Å². The molecule has 122 valence electrons. The van der Waals surface area contributed by atoms with Crippen molar-refractivity contribution in [3.05, 3.63) is 35.9 Å². The van der Waals surface area contributed by atoms with E-state index < -0.39 is 0 Å². The molecule has 23 heavy (non-hydrogen) atoms. The van der Waals surface area contributed by atoms with Gasteiger partial charge in [-0.15, -0.1) is 11.8 Å². The highest BCUT2D eigenvalue weighted by atomic mass is 32.2. The van der Waals surface area contributed by atoms with Crippen molar-refractivity contribution in [3.63, 3.8) is 0 Å². The quantitative estimate of drug-likeness (QED) is 0.854. The number of rotatable bonds is 3. The highest BCUT2D eigenvalue weighted by Gasteiger charge is 2.49. The minimum atomic E-state index is -0.234. The van der Waals surface area contributed by atoms with Crippen molar-refractivity contribution >= 4 is 23.6 Å². The van der Waals surface area contributed by atoms with Crippen LogP contribution < -0.4 is 0 Å². The smallest absolute Gasteiger partial charge is 0.246 e. The van der Waals surface area contributed by atoms with E-state index in [9.17, 15) is 9.59 Å². The minimum Gasteiger partial charge on any atom is -0.341 e. The Kier molecular flexibility index (Phi) is 4.05. The van der Waals surface area contributed by atoms with Crippen molar-refractivity contribution in [1.29, 1.82) is 0 Å². The summed E-state index contributed by atoms with van der Waals surface area (Å²) >= 11 is 1.71. The summed E-state index contributed by atoms with van der Waals surface area (Å²) in [4.78, 5) is 29.3. The first kappa shape index (κ1) is 15.1. The maximum absolute atomic E-state index is 12.9. The van der Waals surface area contributed by atoms with Gasteiger partial charge in [0.1, 0.15) is 6.04 Å². The van der Waals surface area contributed by atoms with Gasteiger partial charge in [0.25, 0.3) is 0 Å². The first-order valence-electron chi connectivity index (χ1n) is 8.47. The molecule has 1 aliphatic carbocycles. The molecule has 2 aliphatic heterocycles. The van der Waals surface area contributed by atoms with E-state index in [1.807, 2.05) is 28.0 Å². The Balaban J connectivity index is 1.43. The second-order valence-corrected chi connectivity index (χ2v) is 7.72. The predicted molar refractivity (Wildman–Crippen MR) is 91.1 cm³/mol. The number of hydrogen-bond acceptors (Lipinski definition) is 3. The fraction of sp³-hybridized carbons (Fsp3) is 0.556. The van der Waals surface area contributed by atoms with Gasteiger partial charge in [-0.2, -0.15) is 0 Å². The summed E-state index contributed by atoms with van der Waals surface area (Å²) in [5, 5.41) is 0. The van der Waals surface area contributed by atoms with E-state index in [0.29, 0.717) is 11.8 Å². The molecule has 0 bridgehead atoms. The van der Waals surface area contributed by atoms with Crippen LogP contribution in [0.5, 0.6) is 0 Å². The van der Waals surface area contributed by atoms with Crippen LogP contribution in [0.4, 0.5) is 0 Å². The molecule has 1 aromatic carbocycles. The Labute approximate surface area is 141 Å². The lowest BCUT2D eigenvalue weighted by Crippen LogP contribution is -2.48. The first-order valence-corrected chi connectivity index (χ1v) is 9.63. The standard InChI is InChI=1S/C18H22N2O2S/c21-17(15-10-14(15)13-6-2-1-3-7-13)20-12-23-11-16(20)18(22)19-8-4-5-9-19/h1-3,6-7,14-16H,4-5,8-12H2/t14-,15+,16-/m0/s1. The van der Waals surface area contributed by atoms with E-state index in [-0.39, 0.29) is 23.8 Å². The Hall–Kier alpha value is -1.49. The maximum Gasteiger partial charge on any atom is 0.246 e. The van der Waals surface area contributed by atoms with Gasteiger partial charge in [-0.3, -0.25) is 9.59 Å². The first-order chi connectivity index (χ1) is 11.3. The third kappa shape index (κ3) is 2.87. The van der Waals surface area contributed by atoms with Crippen molar-refractivity contribution in [2.75, 3.05) is 24.7 Å². The van der Waals surface area contributed by atoms with Gasteiger partial charge in [-0.1, -0.05) is 30.3 Å². The van der Waals surface area contributed by atoms with E-state index in [1.54, 1.807) is 11.8 Å². The predicted octanol–water partition coefficient (Wildman–Crippen LogP) is 2.31. The van der Waals surface area contributed by atoms with Crippen LogP contribution in [-0.4, -0.2) is 52.4 Å². The second-order valence-electron chi connectivity index (χ2n) is 6.72. The molecule has 2 amide bonds. The molecule has 5 heteroatoms. The monoisotopic (exact) mass is 330 g/mol. The summed E-state index contributed by atoms with van der Waals surface area (Å²) in [5.41, 5.74) is 1.25. The lowest BCUT2D eigenvalue weighted by atomic mass is 10.1. The molecule has 3 atom stereocenters. The lowest BCUT2D eigenvalue weighted by molar-refractivity contribution is -0.143. The molecular formula is C18H22N2O2S. The summed E-state index contributed by atoms with van der Waals surface area (Å²) in [6.45, 7) is 1.72.